The molecule has 1 N–H and O–H groups in total. The zero-order chi connectivity index (χ0) is 13.9. The van der Waals surface area contributed by atoms with Gasteiger partial charge in [0.05, 0.1) is 18.9 Å². The summed E-state index contributed by atoms with van der Waals surface area (Å²) >= 11 is 0. The number of aromatic nitrogens is 1. The molecule has 4 heteroatoms. The summed E-state index contributed by atoms with van der Waals surface area (Å²) in [5.41, 5.74) is 0.265. The number of hydrogen-bond donors (Lipinski definition) is 1. The Labute approximate surface area is 114 Å². The number of nitrogens with zero attached hydrogens (tertiary/aromatic N) is 1. The summed E-state index contributed by atoms with van der Waals surface area (Å²) < 4.78 is 10.9. The van der Waals surface area contributed by atoms with Gasteiger partial charge in [-0.3, -0.25) is 4.98 Å². The number of pyridine rings is 1. The van der Waals surface area contributed by atoms with Gasteiger partial charge in [-0.1, -0.05) is 19.8 Å². The first-order valence-corrected chi connectivity index (χ1v) is 6.83. The Hall–Kier alpha value is -1.13. The van der Waals surface area contributed by atoms with Crippen molar-refractivity contribution in [3.8, 4) is 5.75 Å². The molecule has 0 aliphatic heterocycles. The van der Waals surface area contributed by atoms with Crippen LogP contribution in [0.1, 0.15) is 44.3 Å². The second-order valence-electron chi connectivity index (χ2n) is 5.53. The second-order valence-corrected chi connectivity index (χ2v) is 5.53. The van der Waals surface area contributed by atoms with Crippen molar-refractivity contribution in [3.05, 3.63) is 24.0 Å². The molecule has 19 heavy (non-hydrogen) atoms. The Morgan fingerprint density at radius 3 is 2.84 bits per heavy atom. The lowest BCUT2D eigenvalue weighted by molar-refractivity contribution is -0.134. The molecular weight excluding hydrogens is 242 g/mol. The summed E-state index contributed by atoms with van der Waals surface area (Å²) in [5, 5.41) is 10.7. The van der Waals surface area contributed by atoms with Crippen molar-refractivity contribution < 1.29 is 14.6 Å². The maximum atomic E-state index is 10.7. The number of methoxy groups -OCH3 is 2. The van der Waals surface area contributed by atoms with Crippen LogP contribution in [0.4, 0.5) is 0 Å². The number of rotatable bonds is 4. The highest BCUT2D eigenvalue weighted by Crippen LogP contribution is 2.43. The second kappa shape index (κ2) is 5.88. The Kier molecular flexibility index (Phi) is 4.42. The molecule has 1 fully saturated rings. The summed E-state index contributed by atoms with van der Waals surface area (Å²) in [6.07, 6.45) is 6.71. The summed E-state index contributed by atoms with van der Waals surface area (Å²) in [7, 11) is 3.29. The zero-order valence-corrected chi connectivity index (χ0v) is 11.9. The summed E-state index contributed by atoms with van der Waals surface area (Å²) in [4.78, 5) is 4.12. The molecule has 0 saturated heterocycles. The molecular formula is C15H23NO3. The summed E-state index contributed by atoms with van der Waals surface area (Å²) in [5.74, 6) is 1.23. The first kappa shape index (κ1) is 14.3. The average molecular weight is 265 g/mol. The van der Waals surface area contributed by atoms with E-state index < -0.39 is 11.7 Å². The van der Waals surface area contributed by atoms with Gasteiger partial charge >= 0.3 is 0 Å². The lowest BCUT2D eigenvalue weighted by Crippen LogP contribution is -2.42. The van der Waals surface area contributed by atoms with Crippen LogP contribution in [0.2, 0.25) is 0 Å². The van der Waals surface area contributed by atoms with E-state index in [1.54, 1.807) is 26.6 Å². The molecule has 1 heterocycles. The van der Waals surface area contributed by atoms with E-state index in [4.69, 9.17) is 9.47 Å². The van der Waals surface area contributed by atoms with Gasteiger partial charge in [-0.05, 0) is 24.8 Å². The van der Waals surface area contributed by atoms with E-state index in [0.29, 0.717) is 11.7 Å². The summed E-state index contributed by atoms with van der Waals surface area (Å²) in [6, 6.07) is 1.83. The van der Waals surface area contributed by atoms with Gasteiger partial charge in [0.1, 0.15) is 11.9 Å². The van der Waals surface area contributed by atoms with Crippen LogP contribution in [0.3, 0.4) is 0 Å². The third-order valence-corrected chi connectivity index (χ3v) is 4.18. The van der Waals surface area contributed by atoms with Gasteiger partial charge in [0, 0.05) is 18.9 Å². The van der Waals surface area contributed by atoms with Gasteiger partial charge in [-0.25, -0.2) is 0 Å². The Bertz CT molecular complexity index is 424. The largest absolute Gasteiger partial charge is 0.495 e. The van der Waals surface area contributed by atoms with Crippen LogP contribution >= 0.6 is 0 Å². The third-order valence-electron chi connectivity index (χ3n) is 4.18. The third kappa shape index (κ3) is 2.90. The van der Waals surface area contributed by atoms with Crippen molar-refractivity contribution in [2.45, 2.75) is 44.3 Å². The first-order chi connectivity index (χ1) is 9.11. The van der Waals surface area contributed by atoms with Crippen molar-refractivity contribution in [1.29, 1.82) is 0 Å². The molecule has 0 amide bonds. The minimum absolute atomic E-state index is 0.494. The van der Waals surface area contributed by atoms with Crippen molar-refractivity contribution in [3.63, 3.8) is 0 Å². The van der Waals surface area contributed by atoms with Crippen molar-refractivity contribution in [2.24, 2.45) is 5.92 Å². The fourth-order valence-electron chi connectivity index (χ4n) is 3.09. The number of ether oxygens (including phenoxy) is 2. The molecule has 0 aromatic carbocycles. The Morgan fingerprint density at radius 1 is 1.42 bits per heavy atom. The van der Waals surface area contributed by atoms with E-state index in [1.165, 1.54) is 6.42 Å². The average Bonchev–Trinajstić information content (AvgIpc) is 2.46. The molecule has 1 aromatic heterocycles. The molecule has 3 unspecified atom stereocenters. The molecule has 3 atom stereocenters. The molecule has 0 spiro atoms. The van der Waals surface area contributed by atoms with Gasteiger partial charge in [0.2, 0.25) is 0 Å². The normalized spacial score (nSPS) is 28.9. The monoisotopic (exact) mass is 265 g/mol. The van der Waals surface area contributed by atoms with Crippen LogP contribution < -0.4 is 4.74 Å². The fraction of sp³-hybridized carbons (Fsp3) is 0.667. The number of aliphatic hydroxyl groups excluding tert-OH is 1. The number of aliphatic hydroxyl groups is 1. The predicted molar refractivity (Wildman–Crippen MR) is 73.1 cm³/mol. The topological polar surface area (TPSA) is 51.6 Å². The molecule has 2 rings (SSSR count). The molecule has 4 nitrogen and oxygen atoms in total. The highest BCUT2D eigenvalue weighted by atomic mass is 16.5. The molecule has 1 aliphatic rings. The van der Waals surface area contributed by atoms with Crippen LogP contribution in [0.5, 0.6) is 5.75 Å². The van der Waals surface area contributed by atoms with Crippen LogP contribution in [0.15, 0.2) is 18.5 Å². The number of hydrogen-bond acceptors (Lipinski definition) is 4. The van der Waals surface area contributed by atoms with Crippen molar-refractivity contribution >= 4 is 0 Å². The zero-order valence-electron chi connectivity index (χ0n) is 11.9. The molecule has 0 radical (unpaired) electrons. The Balaban J connectivity index is 2.26. The van der Waals surface area contributed by atoms with Crippen LogP contribution in [0.25, 0.3) is 0 Å². The van der Waals surface area contributed by atoms with E-state index >= 15 is 0 Å². The molecule has 0 bridgehead atoms. The van der Waals surface area contributed by atoms with Gasteiger partial charge in [0.25, 0.3) is 0 Å². The predicted octanol–water partition coefficient (Wildman–Crippen LogP) is 2.72. The van der Waals surface area contributed by atoms with E-state index in [2.05, 4.69) is 11.9 Å². The van der Waals surface area contributed by atoms with Crippen LogP contribution in [-0.2, 0) is 4.74 Å². The molecule has 106 valence electrons. The minimum Gasteiger partial charge on any atom is -0.495 e. The standard InChI is InChI=1S/C15H23NO3/c1-11-5-4-6-15(8-11,19-3)14(17)12-7-13(18-2)10-16-9-12/h7,9-11,14,17H,4-6,8H2,1-3H3. The Morgan fingerprint density at radius 2 is 2.21 bits per heavy atom. The maximum Gasteiger partial charge on any atom is 0.137 e. The maximum absolute atomic E-state index is 10.7. The van der Waals surface area contributed by atoms with Crippen LogP contribution in [0, 0.1) is 5.92 Å². The van der Waals surface area contributed by atoms with E-state index in [-0.39, 0.29) is 0 Å². The highest BCUT2D eigenvalue weighted by molar-refractivity contribution is 5.27. The summed E-state index contributed by atoms with van der Waals surface area (Å²) in [6.45, 7) is 2.21. The van der Waals surface area contributed by atoms with E-state index in [1.807, 2.05) is 6.07 Å². The van der Waals surface area contributed by atoms with Gasteiger partial charge in [0.15, 0.2) is 0 Å². The minimum atomic E-state index is -0.664. The molecule has 1 saturated carbocycles. The van der Waals surface area contributed by atoms with E-state index in [9.17, 15) is 5.11 Å². The SMILES string of the molecule is COc1cncc(C(O)C2(OC)CCCC(C)C2)c1. The smallest absolute Gasteiger partial charge is 0.137 e. The lowest BCUT2D eigenvalue weighted by atomic mass is 9.74. The van der Waals surface area contributed by atoms with Crippen LogP contribution in [-0.4, -0.2) is 29.9 Å². The quantitative estimate of drug-likeness (QED) is 0.909. The van der Waals surface area contributed by atoms with Gasteiger partial charge in [-0.2, -0.15) is 0 Å². The lowest BCUT2D eigenvalue weighted by Gasteiger charge is -2.42. The molecule has 1 aromatic rings. The molecule has 1 aliphatic carbocycles. The first-order valence-electron chi connectivity index (χ1n) is 6.83. The van der Waals surface area contributed by atoms with Crippen molar-refractivity contribution in [2.75, 3.05) is 14.2 Å². The van der Waals surface area contributed by atoms with E-state index in [0.717, 1.165) is 24.8 Å². The van der Waals surface area contributed by atoms with Gasteiger partial charge < -0.3 is 14.6 Å². The van der Waals surface area contributed by atoms with Crippen molar-refractivity contribution in [1.82, 2.24) is 4.98 Å². The van der Waals surface area contributed by atoms with Gasteiger partial charge in [-0.15, -0.1) is 0 Å². The fourth-order valence-corrected chi connectivity index (χ4v) is 3.09. The highest BCUT2D eigenvalue weighted by Gasteiger charge is 2.42.